The summed E-state index contributed by atoms with van der Waals surface area (Å²) in [6.45, 7) is 4.86. The maximum Gasteiger partial charge on any atom is 0.169 e. The van der Waals surface area contributed by atoms with Crippen LogP contribution in [0.2, 0.25) is 0 Å². The van der Waals surface area contributed by atoms with Gasteiger partial charge in [0.05, 0.1) is 18.9 Å². The van der Waals surface area contributed by atoms with Crippen molar-refractivity contribution in [1.82, 2.24) is 4.98 Å². The molecule has 5 nitrogen and oxygen atoms in total. The van der Waals surface area contributed by atoms with Crippen molar-refractivity contribution in [3.8, 4) is 5.75 Å². The highest BCUT2D eigenvalue weighted by molar-refractivity contribution is 5.90. The van der Waals surface area contributed by atoms with Gasteiger partial charge in [0.1, 0.15) is 11.9 Å². The Kier molecular flexibility index (Phi) is 5.09. The van der Waals surface area contributed by atoms with Crippen LogP contribution in [0, 0.1) is 6.92 Å². The first-order valence-electron chi connectivity index (χ1n) is 6.92. The second-order valence-electron chi connectivity index (χ2n) is 4.86. The summed E-state index contributed by atoms with van der Waals surface area (Å²) in [5.74, 6) is 0.833. The van der Waals surface area contributed by atoms with Crippen molar-refractivity contribution < 1.29 is 19.0 Å². The van der Waals surface area contributed by atoms with Gasteiger partial charge in [-0.15, -0.1) is 0 Å². The number of aryl methyl sites for hydroxylation is 2. The normalized spacial score (nSPS) is 21.6. The average molecular weight is 279 g/mol. The van der Waals surface area contributed by atoms with E-state index in [0.29, 0.717) is 19.6 Å². The summed E-state index contributed by atoms with van der Waals surface area (Å²) in [4.78, 5) is 16.0. The molecule has 1 aromatic heterocycles. The molecule has 1 fully saturated rings. The second-order valence-corrected chi connectivity index (χ2v) is 4.86. The number of nitrogens with zero attached hydrogens (tertiary/aromatic N) is 1. The molecule has 0 saturated heterocycles. The van der Waals surface area contributed by atoms with Crippen LogP contribution < -0.4 is 4.74 Å². The van der Waals surface area contributed by atoms with Crippen LogP contribution in [-0.2, 0) is 20.7 Å². The van der Waals surface area contributed by atoms with Gasteiger partial charge in [0.25, 0.3) is 0 Å². The number of pyridine rings is 1. The SMILES string of the molecule is CCc1nc(C)ccc1OC1CC(=O)C1OCCOC. The van der Waals surface area contributed by atoms with Gasteiger partial charge in [-0.1, -0.05) is 6.92 Å². The number of rotatable bonds is 7. The van der Waals surface area contributed by atoms with Crippen LogP contribution in [0.15, 0.2) is 12.1 Å². The van der Waals surface area contributed by atoms with Gasteiger partial charge in [0.15, 0.2) is 11.9 Å². The molecule has 0 radical (unpaired) electrons. The van der Waals surface area contributed by atoms with E-state index in [-0.39, 0.29) is 11.9 Å². The lowest BCUT2D eigenvalue weighted by Crippen LogP contribution is -2.52. The van der Waals surface area contributed by atoms with Crippen LogP contribution in [0.5, 0.6) is 5.75 Å². The Bertz CT molecular complexity index is 475. The molecule has 0 aliphatic heterocycles. The Morgan fingerprint density at radius 3 is 2.80 bits per heavy atom. The van der Waals surface area contributed by atoms with Crippen LogP contribution >= 0.6 is 0 Å². The zero-order valence-corrected chi connectivity index (χ0v) is 12.2. The van der Waals surface area contributed by atoms with Crippen LogP contribution in [-0.4, -0.2) is 43.3 Å². The van der Waals surface area contributed by atoms with Crippen molar-refractivity contribution in [2.45, 2.75) is 38.9 Å². The Balaban J connectivity index is 1.97. The molecule has 20 heavy (non-hydrogen) atoms. The van der Waals surface area contributed by atoms with E-state index in [4.69, 9.17) is 14.2 Å². The minimum absolute atomic E-state index is 0.0872. The lowest BCUT2D eigenvalue weighted by molar-refractivity contribution is -0.156. The first kappa shape index (κ1) is 14.9. The van der Waals surface area contributed by atoms with E-state index in [0.717, 1.165) is 23.6 Å². The van der Waals surface area contributed by atoms with Crippen molar-refractivity contribution in [1.29, 1.82) is 0 Å². The van der Waals surface area contributed by atoms with Crippen molar-refractivity contribution >= 4 is 5.78 Å². The highest BCUT2D eigenvalue weighted by atomic mass is 16.6. The van der Waals surface area contributed by atoms with Gasteiger partial charge >= 0.3 is 0 Å². The van der Waals surface area contributed by atoms with Crippen molar-refractivity contribution in [3.05, 3.63) is 23.5 Å². The molecule has 1 heterocycles. The highest BCUT2D eigenvalue weighted by Crippen LogP contribution is 2.27. The second kappa shape index (κ2) is 6.81. The molecule has 1 aliphatic rings. The van der Waals surface area contributed by atoms with E-state index in [1.807, 2.05) is 26.0 Å². The minimum atomic E-state index is -0.476. The molecular formula is C15H21NO4. The number of ether oxygens (including phenoxy) is 3. The summed E-state index contributed by atoms with van der Waals surface area (Å²) in [6, 6.07) is 3.83. The summed E-state index contributed by atoms with van der Waals surface area (Å²) in [5, 5.41) is 0. The molecule has 1 saturated carbocycles. The van der Waals surface area contributed by atoms with E-state index in [2.05, 4.69) is 4.98 Å². The molecule has 2 atom stereocenters. The summed E-state index contributed by atoms with van der Waals surface area (Å²) in [7, 11) is 1.60. The molecule has 0 bridgehead atoms. The minimum Gasteiger partial charge on any atom is -0.485 e. The zero-order valence-electron chi connectivity index (χ0n) is 12.2. The molecular weight excluding hydrogens is 258 g/mol. The predicted octanol–water partition coefficient (Wildman–Crippen LogP) is 1.70. The Hall–Kier alpha value is -1.46. The molecule has 110 valence electrons. The fourth-order valence-electron chi connectivity index (χ4n) is 2.15. The molecule has 0 spiro atoms. The molecule has 1 aliphatic carbocycles. The molecule has 1 aromatic rings. The van der Waals surface area contributed by atoms with Crippen molar-refractivity contribution in [2.24, 2.45) is 0 Å². The Morgan fingerprint density at radius 1 is 1.35 bits per heavy atom. The first-order valence-corrected chi connectivity index (χ1v) is 6.92. The summed E-state index contributed by atoms with van der Waals surface area (Å²) in [6.07, 6.45) is 0.506. The first-order chi connectivity index (χ1) is 9.65. The molecule has 0 aromatic carbocycles. The number of hydrogen-bond donors (Lipinski definition) is 0. The number of hydrogen-bond acceptors (Lipinski definition) is 5. The number of carbonyl (C=O) groups excluding carboxylic acids is 1. The molecule has 2 rings (SSSR count). The fourth-order valence-corrected chi connectivity index (χ4v) is 2.15. The topological polar surface area (TPSA) is 57.7 Å². The number of carbonyl (C=O) groups is 1. The summed E-state index contributed by atoms with van der Waals surface area (Å²) >= 11 is 0. The molecule has 5 heteroatoms. The van der Waals surface area contributed by atoms with Gasteiger partial charge in [-0.3, -0.25) is 9.78 Å². The largest absolute Gasteiger partial charge is 0.485 e. The van der Waals surface area contributed by atoms with Gasteiger partial charge in [0.2, 0.25) is 0 Å². The van der Waals surface area contributed by atoms with Crippen LogP contribution in [0.4, 0.5) is 0 Å². The number of aromatic nitrogens is 1. The van der Waals surface area contributed by atoms with Gasteiger partial charge in [-0.2, -0.15) is 0 Å². The summed E-state index contributed by atoms with van der Waals surface area (Å²) in [5.41, 5.74) is 1.88. The number of ketones is 1. The Morgan fingerprint density at radius 2 is 2.15 bits per heavy atom. The van der Waals surface area contributed by atoms with Gasteiger partial charge in [-0.25, -0.2) is 0 Å². The monoisotopic (exact) mass is 279 g/mol. The zero-order chi connectivity index (χ0) is 14.5. The maximum atomic E-state index is 11.6. The average Bonchev–Trinajstić information content (AvgIpc) is 2.44. The van der Waals surface area contributed by atoms with E-state index in [9.17, 15) is 4.79 Å². The third-order valence-electron chi connectivity index (χ3n) is 3.33. The Labute approximate surface area is 119 Å². The molecule has 0 N–H and O–H groups in total. The van der Waals surface area contributed by atoms with Gasteiger partial charge in [0, 0.05) is 19.2 Å². The standard InChI is InChI=1S/C15H21NO4/c1-4-11-13(6-5-10(2)16-11)20-14-9-12(17)15(14)19-8-7-18-3/h5-6,14-15H,4,7-9H2,1-3H3. The highest BCUT2D eigenvalue weighted by Gasteiger charge is 2.43. The number of Topliss-reactive ketones (excluding diaryl/α,β-unsaturated/α-hetero) is 1. The van der Waals surface area contributed by atoms with Crippen LogP contribution in [0.3, 0.4) is 0 Å². The quantitative estimate of drug-likeness (QED) is 0.711. The van der Waals surface area contributed by atoms with Crippen LogP contribution in [0.25, 0.3) is 0 Å². The summed E-state index contributed by atoms with van der Waals surface area (Å²) < 4.78 is 16.3. The van der Waals surface area contributed by atoms with E-state index >= 15 is 0 Å². The predicted molar refractivity (Wildman–Crippen MR) is 74.0 cm³/mol. The van der Waals surface area contributed by atoms with Crippen molar-refractivity contribution in [2.75, 3.05) is 20.3 Å². The smallest absolute Gasteiger partial charge is 0.169 e. The molecule has 0 amide bonds. The third-order valence-corrected chi connectivity index (χ3v) is 3.33. The van der Waals surface area contributed by atoms with Crippen molar-refractivity contribution in [3.63, 3.8) is 0 Å². The lowest BCUT2D eigenvalue weighted by Gasteiger charge is -2.35. The maximum absolute atomic E-state index is 11.6. The lowest BCUT2D eigenvalue weighted by atomic mass is 9.90. The van der Waals surface area contributed by atoms with Gasteiger partial charge in [-0.05, 0) is 25.5 Å². The fraction of sp³-hybridized carbons (Fsp3) is 0.600. The number of methoxy groups -OCH3 is 1. The van der Waals surface area contributed by atoms with Crippen LogP contribution in [0.1, 0.15) is 24.7 Å². The van der Waals surface area contributed by atoms with E-state index < -0.39 is 6.10 Å². The molecule has 2 unspecified atom stereocenters. The van der Waals surface area contributed by atoms with Gasteiger partial charge < -0.3 is 14.2 Å². The van der Waals surface area contributed by atoms with E-state index in [1.54, 1.807) is 7.11 Å². The van der Waals surface area contributed by atoms with E-state index in [1.165, 1.54) is 0 Å². The third kappa shape index (κ3) is 3.35.